The van der Waals surface area contributed by atoms with Crippen molar-refractivity contribution >= 4 is 13.8 Å². The minimum Gasteiger partial charge on any atom is -0.478 e. The molecule has 0 saturated heterocycles. The highest BCUT2D eigenvalue weighted by molar-refractivity contribution is 7.64. The van der Waals surface area contributed by atoms with Gasteiger partial charge in [0, 0.05) is 5.66 Å². The predicted octanol–water partition coefficient (Wildman–Crippen LogP) is 6.68. The number of ether oxygens (including phenoxy) is 1. The van der Waals surface area contributed by atoms with Crippen molar-refractivity contribution in [3.05, 3.63) is 66.7 Å². The minimum absolute atomic E-state index is 0.201. The van der Waals surface area contributed by atoms with Crippen LogP contribution < -0.4 is 0 Å². The van der Waals surface area contributed by atoms with Crippen molar-refractivity contribution < 1.29 is 48.6 Å². The van der Waals surface area contributed by atoms with E-state index in [1.54, 1.807) is 30.3 Å². The minimum atomic E-state index is -6.65. The molecule has 1 heterocycles. The first-order chi connectivity index (χ1) is 14.2. The Kier molecular flexibility index (Phi) is 6.27. The second kappa shape index (κ2) is 8.08. The maximum absolute atomic E-state index is 14.0. The lowest BCUT2D eigenvalue weighted by molar-refractivity contribution is -0.261. The van der Waals surface area contributed by atoms with Crippen molar-refractivity contribution in [2.45, 2.75) is 29.7 Å². The molecule has 31 heavy (non-hydrogen) atoms. The van der Waals surface area contributed by atoms with E-state index in [-0.39, 0.29) is 6.61 Å². The van der Waals surface area contributed by atoms with Gasteiger partial charge in [-0.1, -0.05) is 30.3 Å². The largest absolute Gasteiger partial charge is 0.478 e. The molecule has 0 bridgehead atoms. The van der Waals surface area contributed by atoms with Crippen molar-refractivity contribution in [3.8, 4) is 0 Å². The Labute approximate surface area is 171 Å². The molecule has 1 aliphatic carbocycles. The fourth-order valence-electron chi connectivity index (χ4n) is 2.89. The SMILES string of the molecule is FC(F)(F)C(F)(F)P([C]1[CH][CH][CH][C]1C1=N[C@@H](c2ccccc2)CO1)C(F)(F)C(F)(F)F. The lowest BCUT2D eigenvalue weighted by Crippen LogP contribution is -2.47. The summed E-state index contributed by atoms with van der Waals surface area (Å²) < 4.78 is 139. The van der Waals surface area contributed by atoms with Crippen LogP contribution in [0.25, 0.3) is 0 Å². The highest BCUT2D eigenvalue weighted by atomic mass is 31.1. The van der Waals surface area contributed by atoms with Crippen LogP contribution in [-0.4, -0.2) is 36.2 Å². The molecule has 3 rings (SSSR count). The Balaban J connectivity index is 1.99. The van der Waals surface area contributed by atoms with Crippen LogP contribution in [0.2, 0.25) is 0 Å². The van der Waals surface area contributed by atoms with E-state index in [9.17, 15) is 43.9 Å². The van der Waals surface area contributed by atoms with Gasteiger partial charge in [-0.25, -0.2) is 4.99 Å². The maximum Gasteiger partial charge on any atom is 0.457 e. The number of hydrogen-bond donors (Lipinski definition) is 0. The zero-order valence-electron chi connectivity index (χ0n) is 15.0. The van der Waals surface area contributed by atoms with Crippen molar-refractivity contribution in [2.24, 2.45) is 4.99 Å². The van der Waals surface area contributed by atoms with Crippen LogP contribution in [0.3, 0.4) is 0 Å². The quantitative estimate of drug-likeness (QED) is 0.342. The van der Waals surface area contributed by atoms with E-state index in [0.717, 1.165) is 12.8 Å². The Morgan fingerprint density at radius 3 is 1.87 bits per heavy atom. The third kappa shape index (κ3) is 4.36. The topological polar surface area (TPSA) is 21.6 Å². The van der Waals surface area contributed by atoms with Crippen molar-refractivity contribution in [2.75, 3.05) is 6.61 Å². The molecule has 1 aliphatic heterocycles. The molecule has 0 aromatic heterocycles. The fourth-order valence-corrected chi connectivity index (χ4v) is 5.00. The van der Waals surface area contributed by atoms with Gasteiger partial charge in [0.1, 0.15) is 12.6 Å². The highest BCUT2D eigenvalue weighted by Gasteiger charge is 2.78. The van der Waals surface area contributed by atoms with Crippen LogP contribution in [0.15, 0.2) is 35.3 Å². The van der Waals surface area contributed by atoms with Crippen molar-refractivity contribution in [3.63, 3.8) is 0 Å². The summed E-state index contributed by atoms with van der Waals surface area (Å²) in [5, 5.41) is 0. The number of nitrogens with zero attached hydrogens (tertiary/aromatic N) is 1. The summed E-state index contributed by atoms with van der Waals surface area (Å²) in [6.45, 7) is -0.201. The van der Waals surface area contributed by atoms with Gasteiger partial charge in [-0.15, -0.1) is 0 Å². The molecule has 0 unspecified atom stereocenters. The molecule has 169 valence electrons. The first-order valence-corrected chi connectivity index (χ1v) is 9.73. The molecule has 2 aliphatic rings. The average molecular weight is 478 g/mol. The summed E-state index contributed by atoms with van der Waals surface area (Å²) in [7, 11) is -5.46. The van der Waals surface area contributed by atoms with Gasteiger partial charge in [0.2, 0.25) is 0 Å². The van der Waals surface area contributed by atoms with Gasteiger partial charge in [0.15, 0.2) is 5.90 Å². The molecule has 0 N–H and O–H groups in total. The van der Waals surface area contributed by atoms with E-state index >= 15 is 0 Å². The van der Waals surface area contributed by atoms with Gasteiger partial charge < -0.3 is 4.74 Å². The summed E-state index contributed by atoms with van der Waals surface area (Å²) in [6.07, 6.45) is -11.3. The predicted molar refractivity (Wildman–Crippen MR) is 90.9 cm³/mol. The molecule has 1 aromatic carbocycles. The summed E-state index contributed by atoms with van der Waals surface area (Å²) >= 11 is 0. The van der Waals surface area contributed by atoms with Gasteiger partial charge in [-0.3, -0.25) is 0 Å². The Morgan fingerprint density at radius 1 is 0.806 bits per heavy atom. The van der Waals surface area contributed by atoms with Gasteiger partial charge in [-0.2, -0.15) is 43.9 Å². The maximum atomic E-state index is 14.0. The number of rotatable bonds is 5. The first kappa shape index (κ1) is 24.1. The molecule has 0 spiro atoms. The highest BCUT2D eigenvalue weighted by Crippen LogP contribution is 2.79. The van der Waals surface area contributed by atoms with Gasteiger partial charge in [0.05, 0.1) is 13.8 Å². The summed E-state index contributed by atoms with van der Waals surface area (Å²) in [4.78, 5) is 3.98. The third-order valence-electron chi connectivity index (χ3n) is 4.34. The van der Waals surface area contributed by atoms with E-state index in [1.165, 1.54) is 0 Å². The standard InChI is InChI=1S/C18H11F10NOP/c19-15(20,21)17(25,26)31(18(27,28)16(22,23)24)13-8-4-7-11(13)14-29-12(9-30-14)10-5-2-1-3-6-10/h1-8,12H,9H2/t12-/m1/s1. The van der Waals surface area contributed by atoms with Crippen molar-refractivity contribution in [1.82, 2.24) is 0 Å². The Morgan fingerprint density at radius 2 is 1.35 bits per heavy atom. The smallest absolute Gasteiger partial charge is 0.457 e. The number of halogens is 10. The summed E-state index contributed by atoms with van der Waals surface area (Å²) in [5.41, 5.74) is -13.6. The molecular formula is C18H11F10NOP. The third-order valence-corrected chi connectivity index (χ3v) is 6.85. The number of hydrogen-bond acceptors (Lipinski definition) is 2. The van der Waals surface area contributed by atoms with E-state index in [0.29, 0.717) is 12.0 Å². The Bertz CT molecular complexity index is 782. The molecule has 1 fully saturated rings. The first-order valence-electron chi connectivity index (χ1n) is 8.39. The second-order valence-corrected chi connectivity index (χ2v) is 8.69. The van der Waals surface area contributed by atoms with Gasteiger partial charge in [-0.05, 0) is 24.8 Å². The lowest BCUT2D eigenvalue weighted by atomic mass is 10.1. The molecular weight excluding hydrogens is 467 g/mol. The molecule has 5 radical (unpaired) electrons. The summed E-state index contributed by atoms with van der Waals surface area (Å²) in [6, 6.07) is 7.40. The number of aliphatic imine (C=N–C) groups is 1. The van der Waals surface area contributed by atoms with E-state index in [1.807, 2.05) is 0 Å². The van der Waals surface area contributed by atoms with Crippen LogP contribution in [0.4, 0.5) is 43.9 Å². The van der Waals surface area contributed by atoms with Crippen molar-refractivity contribution in [1.29, 1.82) is 0 Å². The molecule has 1 aromatic rings. The number of alkyl halides is 10. The Hall–Kier alpha value is -1.58. The summed E-state index contributed by atoms with van der Waals surface area (Å²) in [5.74, 6) is -1.35. The van der Waals surface area contributed by atoms with Gasteiger partial charge in [0.25, 0.3) is 0 Å². The van der Waals surface area contributed by atoms with Crippen LogP contribution in [0.5, 0.6) is 0 Å². The van der Waals surface area contributed by atoms with Crippen LogP contribution in [0, 0.1) is 30.8 Å². The fraction of sp³-hybridized carbons (Fsp3) is 0.333. The molecule has 1 saturated carbocycles. The second-order valence-electron chi connectivity index (χ2n) is 6.41. The molecule has 2 nitrogen and oxygen atoms in total. The zero-order valence-corrected chi connectivity index (χ0v) is 15.9. The lowest BCUT2D eigenvalue weighted by Gasteiger charge is -2.39. The number of benzene rings is 1. The average Bonchev–Trinajstić information content (AvgIpc) is 3.29. The molecule has 0 amide bonds. The van der Waals surface area contributed by atoms with Gasteiger partial charge >= 0.3 is 23.7 Å². The normalized spacial score (nSPS) is 22.2. The van der Waals surface area contributed by atoms with Crippen LogP contribution in [0.1, 0.15) is 11.6 Å². The van der Waals surface area contributed by atoms with Crippen LogP contribution >= 0.6 is 7.92 Å². The zero-order chi connectivity index (χ0) is 23.2. The van der Waals surface area contributed by atoms with E-state index in [4.69, 9.17) is 4.74 Å². The monoisotopic (exact) mass is 478 g/mol. The molecule has 13 heteroatoms. The van der Waals surface area contributed by atoms with E-state index < -0.39 is 55.1 Å². The van der Waals surface area contributed by atoms with E-state index in [2.05, 4.69) is 4.99 Å². The molecule has 1 atom stereocenters. The van der Waals surface area contributed by atoms with Crippen LogP contribution in [-0.2, 0) is 4.74 Å².